The number of benzene rings is 2. The maximum absolute atomic E-state index is 13.1. The Labute approximate surface area is 209 Å². The van der Waals surface area contributed by atoms with Crippen molar-refractivity contribution in [2.45, 2.75) is 57.9 Å². The molecule has 0 spiro atoms. The number of carbonyl (C=O) groups is 1. The van der Waals surface area contributed by atoms with Crippen molar-refractivity contribution in [3.05, 3.63) is 58.7 Å². The first-order chi connectivity index (χ1) is 17.2. The third-order valence-corrected chi connectivity index (χ3v) is 5.97. The van der Waals surface area contributed by atoms with Crippen LogP contribution in [0, 0.1) is 0 Å². The Morgan fingerprint density at radius 2 is 1.86 bits per heavy atom. The van der Waals surface area contributed by atoms with E-state index in [-0.39, 0.29) is 18.9 Å². The monoisotopic (exact) mass is 506 g/mol. The minimum Gasteiger partial charge on any atom is -0.493 e. The average molecular weight is 507 g/mol. The third kappa shape index (κ3) is 7.99. The summed E-state index contributed by atoms with van der Waals surface area (Å²) in [6.07, 6.45) is 1.64. The second-order valence-corrected chi connectivity index (χ2v) is 8.68. The zero-order valence-electron chi connectivity index (χ0n) is 20.4. The van der Waals surface area contributed by atoms with Gasteiger partial charge in [-0.2, -0.15) is 0 Å². The van der Waals surface area contributed by atoms with Crippen LogP contribution in [0.1, 0.15) is 54.9 Å². The van der Waals surface area contributed by atoms with Gasteiger partial charge in [0.1, 0.15) is 17.5 Å². The molecule has 3 rings (SSSR count). The second kappa shape index (κ2) is 12.8. The molecular formula is C27H33F3N2O4. The van der Waals surface area contributed by atoms with Crippen LogP contribution in [0.3, 0.4) is 0 Å². The first-order valence-corrected chi connectivity index (χ1v) is 12.2. The Bertz CT molecular complexity index is 1070. The Hall–Kier alpha value is -3.04. The highest BCUT2D eigenvalue weighted by atomic mass is 19.4. The normalized spacial score (nSPS) is 16.1. The molecule has 0 amide bonds. The first kappa shape index (κ1) is 27.5. The van der Waals surface area contributed by atoms with Crippen LogP contribution in [0.25, 0.3) is 11.6 Å². The molecule has 0 aliphatic heterocycles. The fourth-order valence-electron chi connectivity index (χ4n) is 4.01. The van der Waals surface area contributed by atoms with Crippen LogP contribution in [0.2, 0.25) is 0 Å². The molecule has 1 aliphatic carbocycles. The lowest BCUT2D eigenvalue weighted by atomic mass is 9.89. The standard InChI is InChI=1S/C27H33F3N2O4/c1-2-18-8-11-25(36-27(28,29)30)23(14-18)20-7-4-3-6-19-9-10-22(16-21(19)15-20)34-12-5-13-35-26(33)24(32)17-31/h8-11,14-16,24H,2-7,12-13,17,31-32H2,1H3/b20-15+. The van der Waals surface area contributed by atoms with E-state index in [4.69, 9.17) is 20.9 Å². The summed E-state index contributed by atoms with van der Waals surface area (Å²) < 4.78 is 54.5. The number of carbonyl (C=O) groups excluding carboxylic acids is 1. The highest BCUT2D eigenvalue weighted by molar-refractivity contribution is 5.85. The van der Waals surface area contributed by atoms with Gasteiger partial charge in [0.25, 0.3) is 0 Å². The number of alkyl halides is 3. The summed E-state index contributed by atoms with van der Waals surface area (Å²) in [5, 5.41) is 0. The number of esters is 1. The van der Waals surface area contributed by atoms with Crippen molar-refractivity contribution in [3.8, 4) is 11.5 Å². The van der Waals surface area contributed by atoms with E-state index in [9.17, 15) is 18.0 Å². The van der Waals surface area contributed by atoms with Gasteiger partial charge < -0.3 is 25.7 Å². The zero-order chi connectivity index (χ0) is 26.1. The number of ether oxygens (including phenoxy) is 3. The van der Waals surface area contributed by atoms with Gasteiger partial charge in [-0.3, -0.25) is 4.79 Å². The molecule has 0 saturated carbocycles. The summed E-state index contributed by atoms with van der Waals surface area (Å²) >= 11 is 0. The molecule has 196 valence electrons. The van der Waals surface area contributed by atoms with E-state index in [2.05, 4.69) is 4.74 Å². The number of hydrogen-bond acceptors (Lipinski definition) is 6. The third-order valence-electron chi connectivity index (χ3n) is 5.97. The smallest absolute Gasteiger partial charge is 0.493 e. The highest BCUT2D eigenvalue weighted by Crippen LogP contribution is 2.37. The minimum absolute atomic E-state index is 0.0204. The lowest BCUT2D eigenvalue weighted by Gasteiger charge is -2.19. The fraction of sp³-hybridized carbons (Fsp3) is 0.444. The van der Waals surface area contributed by atoms with Crippen LogP contribution in [0.5, 0.6) is 11.5 Å². The molecule has 6 nitrogen and oxygen atoms in total. The predicted molar refractivity (Wildman–Crippen MR) is 132 cm³/mol. The Morgan fingerprint density at radius 1 is 1.08 bits per heavy atom. The number of hydrogen-bond donors (Lipinski definition) is 2. The number of rotatable bonds is 10. The molecule has 2 aromatic carbocycles. The van der Waals surface area contributed by atoms with Crippen molar-refractivity contribution in [1.29, 1.82) is 0 Å². The average Bonchev–Trinajstić information content (AvgIpc) is 2.83. The maximum atomic E-state index is 13.1. The van der Waals surface area contributed by atoms with E-state index in [1.54, 1.807) is 12.1 Å². The molecule has 0 saturated heterocycles. The molecule has 0 radical (unpaired) electrons. The molecule has 36 heavy (non-hydrogen) atoms. The number of fused-ring (bicyclic) bond motifs is 1. The molecular weight excluding hydrogens is 473 g/mol. The van der Waals surface area contributed by atoms with Gasteiger partial charge in [-0.05, 0) is 78.6 Å². The molecule has 0 fully saturated rings. The van der Waals surface area contributed by atoms with Crippen molar-refractivity contribution in [3.63, 3.8) is 0 Å². The van der Waals surface area contributed by atoms with Crippen LogP contribution >= 0.6 is 0 Å². The summed E-state index contributed by atoms with van der Waals surface area (Å²) in [6, 6.07) is 9.77. The fourth-order valence-corrected chi connectivity index (χ4v) is 4.01. The SMILES string of the molecule is CCc1ccc(OC(F)(F)F)c(/C2=C/c3cc(OCCCOC(=O)C(N)CN)ccc3CCCC2)c1. The lowest BCUT2D eigenvalue weighted by molar-refractivity contribution is -0.274. The second-order valence-electron chi connectivity index (χ2n) is 8.68. The lowest BCUT2D eigenvalue weighted by Crippen LogP contribution is -2.39. The first-order valence-electron chi connectivity index (χ1n) is 12.2. The van der Waals surface area contributed by atoms with Crippen molar-refractivity contribution in [2.24, 2.45) is 11.5 Å². The molecule has 1 aliphatic rings. The Balaban J connectivity index is 1.79. The number of halogens is 3. The van der Waals surface area contributed by atoms with Crippen molar-refractivity contribution >= 4 is 17.6 Å². The summed E-state index contributed by atoms with van der Waals surface area (Å²) in [7, 11) is 0. The molecule has 0 bridgehead atoms. The van der Waals surface area contributed by atoms with E-state index in [1.165, 1.54) is 6.07 Å². The molecule has 9 heteroatoms. The van der Waals surface area contributed by atoms with E-state index in [1.807, 2.05) is 31.2 Å². The molecule has 2 aromatic rings. The van der Waals surface area contributed by atoms with E-state index >= 15 is 0 Å². The van der Waals surface area contributed by atoms with Gasteiger partial charge in [0.15, 0.2) is 0 Å². The van der Waals surface area contributed by atoms with E-state index in [0.29, 0.717) is 37.2 Å². The van der Waals surface area contributed by atoms with Crippen LogP contribution < -0.4 is 20.9 Å². The van der Waals surface area contributed by atoms with Crippen molar-refractivity contribution < 1.29 is 32.2 Å². The summed E-state index contributed by atoms with van der Waals surface area (Å²) in [6.45, 7) is 2.47. The van der Waals surface area contributed by atoms with Gasteiger partial charge in [0.2, 0.25) is 0 Å². The summed E-state index contributed by atoms with van der Waals surface area (Å²) in [5.74, 6) is -0.106. The summed E-state index contributed by atoms with van der Waals surface area (Å²) in [4.78, 5) is 11.6. The quantitative estimate of drug-likeness (QED) is 0.347. The molecule has 1 unspecified atom stereocenters. The van der Waals surface area contributed by atoms with Crippen LogP contribution in [0.4, 0.5) is 13.2 Å². The molecule has 0 aromatic heterocycles. The van der Waals surface area contributed by atoms with Gasteiger partial charge in [-0.25, -0.2) is 0 Å². The molecule has 4 N–H and O–H groups in total. The molecule has 1 atom stereocenters. The predicted octanol–water partition coefficient (Wildman–Crippen LogP) is 5.01. The Morgan fingerprint density at radius 3 is 2.58 bits per heavy atom. The van der Waals surface area contributed by atoms with Gasteiger partial charge in [0.05, 0.1) is 13.2 Å². The largest absolute Gasteiger partial charge is 0.573 e. The Kier molecular flexibility index (Phi) is 9.78. The number of aryl methyl sites for hydroxylation is 2. The molecule has 0 heterocycles. The maximum Gasteiger partial charge on any atom is 0.573 e. The van der Waals surface area contributed by atoms with Gasteiger partial charge in [0, 0.05) is 18.5 Å². The van der Waals surface area contributed by atoms with Crippen LogP contribution in [-0.2, 0) is 22.4 Å². The summed E-state index contributed by atoms with van der Waals surface area (Å²) in [5.41, 5.74) is 15.1. The van der Waals surface area contributed by atoms with Gasteiger partial charge in [-0.1, -0.05) is 25.1 Å². The van der Waals surface area contributed by atoms with Crippen molar-refractivity contribution in [2.75, 3.05) is 19.8 Å². The van der Waals surface area contributed by atoms with E-state index in [0.717, 1.165) is 41.5 Å². The van der Waals surface area contributed by atoms with Gasteiger partial charge in [-0.15, -0.1) is 13.2 Å². The number of allylic oxidation sites excluding steroid dienone is 1. The van der Waals surface area contributed by atoms with Crippen molar-refractivity contribution in [1.82, 2.24) is 0 Å². The topological polar surface area (TPSA) is 96.8 Å². The highest BCUT2D eigenvalue weighted by Gasteiger charge is 2.32. The van der Waals surface area contributed by atoms with Gasteiger partial charge >= 0.3 is 12.3 Å². The van der Waals surface area contributed by atoms with E-state index < -0.39 is 18.4 Å². The van der Waals surface area contributed by atoms with Crippen LogP contribution in [-0.4, -0.2) is 38.1 Å². The zero-order valence-corrected chi connectivity index (χ0v) is 20.4. The van der Waals surface area contributed by atoms with Crippen LogP contribution in [0.15, 0.2) is 36.4 Å². The minimum atomic E-state index is -4.77. The number of nitrogens with two attached hydrogens (primary N) is 2.